The molecule has 2 aromatic rings. The van der Waals surface area contributed by atoms with Gasteiger partial charge in [-0.1, -0.05) is 0 Å². The average molecular weight is 208 g/mol. The number of rotatable bonds is 0. The summed E-state index contributed by atoms with van der Waals surface area (Å²) in [6.07, 6.45) is 1.71. The summed E-state index contributed by atoms with van der Waals surface area (Å²) in [5, 5.41) is 0.715. The molecule has 3 nitrogen and oxygen atoms in total. The van der Waals surface area contributed by atoms with E-state index in [9.17, 15) is 4.79 Å². The predicted octanol–water partition coefficient (Wildman–Crippen LogP) is 2.21. The lowest BCUT2D eigenvalue weighted by atomic mass is 10.1. The van der Waals surface area contributed by atoms with Crippen LogP contribution in [0.2, 0.25) is 0 Å². The molecule has 0 bridgehead atoms. The Labute approximate surface area is 86.2 Å². The van der Waals surface area contributed by atoms with Gasteiger partial charge in [-0.3, -0.25) is 8.75 Å². The normalized spacial score (nSPS) is 12.2. The summed E-state index contributed by atoms with van der Waals surface area (Å²) < 4.78 is 1.77. The first-order valence-corrected chi connectivity index (χ1v) is 5.25. The van der Waals surface area contributed by atoms with Gasteiger partial charge in [0.2, 0.25) is 0 Å². The molecular weight excluding hydrogens is 196 g/mol. The molecule has 2 aromatic heterocycles. The third-order valence-electron chi connectivity index (χ3n) is 1.97. The Morgan fingerprint density at radius 1 is 1.43 bits per heavy atom. The van der Waals surface area contributed by atoms with E-state index in [2.05, 4.69) is 4.98 Å². The van der Waals surface area contributed by atoms with E-state index < -0.39 is 0 Å². The third kappa shape index (κ3) is 1.35. The smallest absolute Gasteiger partial charge is 0.268 e. The maximum absolute atomic E-state index is 11.9. The number of hydrogen-bond acceptors (Lipinski definition) is 3. The lowest BCUT2D eigenvalue weighted by molar-refractivity contribution is 0.420. The van der Waals surface area contributed by atoms with Crippen LogP contribution in [0.4, 0.5) is 0 Å². The Hall–Kier alpha value is -1.16. The summed E-state index contributed by atoms with van der Waals surface area (Å²) in [5.41, 5.74) is -0.103. The van der Waals surface area contributed by atoms with Gasteiger partial charge in [-0.25, -0.2) is 4.98 Å². The number of hydrogen-bond donors (Lipinski definition) is 0. The van der Waals surface area contributed by atoms with Gasteiger partial charge in [-0.15, -0.1) is 0 Å². The van der Waals surface area contributed by atoms with E-state index in [1.54, 1.807) is 16.2 Å². The van der Waals surface area contributed by atoms with Crippen molar-refractivity contribution >= 4 is 21.7 Å². The molecule has 0 aliphatic rings. The van der Waals surface area contributed by atoms with Gasteiger partial charge in [-0.05, 0) is 44.4 Å². The van der Waals surface area contributed by atoms with Crippen molar-refractivity contribution < 1.29 is 0 Å². The van der Waals surface area contributed by atoms with Gasteiger partial charge in [0.15, 0.2) is 0 Å². The number of nitrogens with zero attached hydrogens (tertiary/aromatic N) is 2. The lowest BCUT2D eigenvalue weighted by Gasteiger charge is -2.17. The molecule has 4 heteroatoms. The zero-order chi connectivity index (χ0) is 10.3. The second-order valence-corrected chi connectivity index (χ2v) is 5.15. The standard InChI is InChI=1S/C10H12N2OS/c1-10(2,3)12-9(13)7-5-4-6-11-8(7)14-12/h4-6H,1-3H3. The van der Waals surface area contributed by atoms with Crippen molar-refractivity contribution in [2.24, 2.45) is 0 Å². The molecule has 0 N–H and O–H groups in total. The van der Waals surface area contributed by atoms with Gasteiger partial charge in [0.25, 0.3) is 5.56 Å². The highest BCUT2D eigenvalue weighted by Crippen LogP contribution is 2.20. The van der Waals surface area contributed by atoms with Crippen LogP contribution in [0.25, 0.3) is 10.2 Å². The highest BCUT2D eigenvalue weighted by Gasteiger charge is 2.18. The van der Waals surface area contributed by atoms with Gasteiger partial charge in [0, 0.05) is 6.20 Å². The van der Waals surface area contributed by atoms with Crippen LogP contribution in [-0.2, 0) is 5.54 Å². The molecule has 2 heterocycles. The molecule has 0 saturated carbocycles. The molecular formula is C10H12N2OS. The van der Waals surface area contributed by atoms with Crippen LogP contribution in [-0.4, -0.2) is 8.94 Å². The molecule has 14 heavy (non-hydrogen) atoms. The third-order valence-corrected chi connectivity index (χ3v) is 3.37. The number of aromatic nitrogens is 2. The first-order valence-electron chi connectivity index (χ1n) is 4.48. The summed E-state index contributed by atoms with van der Waals surface area (Å²) in [4.78, 5) is 16.9. The van der Waals surface area contributed by atoms with Crippen molar-refractivity contribution in [2.75, 3.05) is 0 Å². The maximum Gasteiger partial charge on any atom is 0.270 e. The highest BCUT2D eigenvalue weighted by atomic mass is 32.1. The van der Waals surface area contributed by atoms with Crippen LogP contribution in [0.1, 0.15) is 20.8 Å². The molecule has 2 rings (SSSR count). The monoisotopic (exact) mass is 208 g/mol. The van der Waals surface area contributed by atoms with Crippen LogP contribution >= 0.6 is 11.5 Å². The van der Waals surface area contributed by atoms with Crippen LogP contribution in [0.5, 0.6) is 0 Å². The van der Waals surface area contributed by atoms with Gasteiger partial charge in [0.1, 0.15) is 4.83 Å². The SMILES string of the molecule is CC(C)(C)n1sc2ncccc2c1=O. The summed E-state index contributed by atoms with van der Waals surface area (Å²) >= 11 is 1.42. The second kappa shape index (κ2) is 2.92. The minimum atomic E-state index is -0.164. The van der Waals surface area contributed by atoms with E-state index in [4.69, 9.17) is 0 Å². The Morgan fingerprint density at radius 2 is 2.14 bits per heavy atom. The van der Waals surface area contributed by atoms with Gasteiger partial charge < -0.3 is 0 Å². The molecule has 0 amide bonds. The molecule has 0 aliphatic heterocycles. The van der Waals surface area contributed by atoms with Crippen LogP contribution in [0, 0.1) is 0 Å². The van der Waals surface area contributed by atoms with Crippen molar-refractivity contribution in [3.63, 3.8) is 0 Å². The molecule has 0 spiro atoms. The summed E-state index contributed by atoms with van der Waals surface area (Å²) in [6, 6.07) is 3.62. The second-order valence-electron chi connectivity index (χ2n) is 4.22. The maximum atomic E-state index is 11.9. The van der Waals surface area contributed by atoms with E-state index in [0.29, 0.717) is 5.39 Å². The number of pyridine rings is 1. The van der Waals surface area contributed by atoms with E-state index in [1.165, 1.54) is 11.5 Å². The van der Waals surface area contributed by atoms with Crippen molar-refractivity contribution in [1.29, 1.82) is 0 Å². The fourth-order valence-corrected chi connectivity index (χ4v) is 2.29. The Morgan fingerprint density at radius 3 is 2.71 bits per heavy atom. The fraction of sp³-hybridized carbons (Fsp3) is 0.400. The molecule has 0 atom stereocenters. The quantitative estimate of drug-likeness (QED) is 0.665. The average Bonchev–Trinajstić information content (AvgIpc) is 2.44. The predicted molar refractivity (Wildman–Crippen MR) is 58.9 cm³/mol. The van der Waals surface area contributed by atoms with Crippen molar-refractivity contribution in [3.05, 3.63) is 28.7 Å². The summed E-state index contributed by atoms with van der Waals surface area (Å²) in [5.74, 6) is 0. The van der Waals surface area contributed by atoms with Gasteiger partial charge in [-0.2, -0.15) is 0 Å². The Kier molecular flexibility index (Phi) is 1.96. The van der Waals surface area contributed by atoms with Crippen LogP contribution < -0.4 is 5.56 Å². The topological polar surface area (TPSA) is 34.9 Å². The Bertz CT molecular complexity index is 519. The lowest BCUT2D eigenvalue weighted by Crippen LogP contribution is -2.29. The first kappa shape index (κ1) is 9.40. The summed E-state index contributed by atoms with van der Waals surface area (Å²) in [6.45, 7) is 6.05. The minimum absolute atomic E-state index is 0.0607. The van der Waals surface area contributed by atoms with Crippen molar-refractivity contribution in [2.45, 2.75) is 26.3 Å². The largest absolute Gasteiger partial charge is 0.270 e. The number of fused-ring (bicyclic) bond motifs is 1. The molecule has 0 saturated heterocycles. The van der Waals surface area contributed by atoms with Crippen molar-refractivity contribution in [3.8, 4) is 0 Å². The summed E-state index contributed by atoms with van der Waals surface area (Å²) in [7, 11) is 0. The molecule has 0 aliphatic carbocycles. The zero-order valence-electron chi connectivity index (χ0n) is 8.44. The molecule has 0 unspecified atom stereocenters. The van der Waals surface area contributed by atoms with E-state index in [1.807, 2.05) is 26.8 Å². The fourth-order valence-electron chi connectivity index (χ4n) is 1.31. The minimum Gasteiger partial charge on any atom is -0.268 e. The highest BCUT2D eigenvalue weighted by molar-refractivity contribution is 7.13. The van der Waals surface area contributed by atoms with Gasteiger partial charge in [0.05, 0.1) is 10.9 Å². The molecule has 74 valence electrons. The molecule has 0 radical (unpaired) electrons. The van der Waals surface area contributed by atoms with E-state index >= 15 is 0 Å². The van der Waals surface area contributed by atoms with Crippen LogP contribution in [0.15, 0.2) is 23.1 Å². The Balaban J connectivity index is 2.82. The van der Waals surface area contributed by atoms with E-state index in [-0.39, 0.29) is 11.1 Å². The zero-order valence-corrected chi connectivity index (χ0v) is 9.26. The van der Waals surface area contributed by atoms with E-state index in [0.717, 1.165) is 4.83 Å². The van der Waals surface area contributed by atoms with Crippen molar-refractivity contribution in [1.82, 2.24) is 8.94 Å². The molecule has 0 aromatic carbocycles. The first-order chi connectivity index (χ1) is 6.50. The van der Waals surface area contributed by atoms with Crippen LogP contribution in [0.3, 0.4) is 0 Å². The molecule has 0 fully saturated rings. The van der Waals surface area contributed by atoms with Gasteiger partial charge >= 0.3 is 0 Å².